The zero-order valence-corrected chi connectivity index (χ0v) is 10.2. The molecule has 2 aliphatic heterocycles. The monoisotopic (exact) mass is 244 g/mol. The van der Waals surface area contributed by atoms with E-state index < -0.39 is 0 Å². The molecule has 0 spiro atoms. The molecule has 1 aromatic rings. The SMILES string of the molecule is O=C(C1=COCCC1)C1CCOc2ccccc21. The third-order valence-electron chi connectivity index (χ3n) is 3.53. The first-order valence-electron chi connectivity index (χ1n) is 6.43. The van der Waals surface area contributed by atoms with Crippen LogP contribution in [0.5, 0.6) is 5.75 Å². The van der Waals surface area contributed by atoms with Gasteiger partial charge in [0, 0.05) is 11.1 Å². The van der Waals surface area contributed by atoms with Gasteiger partial charge in [-0.2, -0.15) is 0 Å². The number of ketones is 1. The molecule has 3 rings (SSSR count). The Morgan fingerprint density at radius 3 is 2.94 bits per heavy atom. The van der Waals surface area contributed by atoms with E-state index in [1.165, 1.54) is 0 Å². The molecule has 0 bridgehead atoms. The fraction of sp³-hybridized carbons (Fsp3) is 0.400. The molecule has 0 N–H and O–H groups in total. The van der Waals surface area contributed by atoms with Crippen LogP contribution < -0.4 is 4.74 Å². The van der Waals surface area contributed by atoms with Gasteiger partial charge >= 0.3 is 0 Å². The van der Waals surface area contributed by atoms with E-state index in [0.29, 0.717) is 6.61 Å². The van der Waals surface area contributed by atoms with Crippen LogP contribution in [0.4, 0.5) is 0 Å². The minimum Gasteiger partial charge on any atom is -0.501 e. The average Bonchev–Trinajstić information content (AvgIpc) is 2.47. The third-order valence-corrected chi connectivity index (χ3v) is 3.53. The summed E-state index contributed by atoms with van der Waals surface area (Å²) in [6.45, 7) is 1.34. The molecular weight excluding hydrogens is 228 g/mol. The van der Waals surface area contributed by atoms with E-state index in [0.717, 1.165) is 42.8 Å². The quantitative estimate of drug-likeness (QED) is 0.802. The number of fused-ring (bicyclic) bond motifs is 1. The maximum Gasteiger partial charge on any atom is 0.169 e. The van der Waals surface area contributed by atoms with Gasteiger partial charge in [0.15, 0.2) is 5.78 Å². The molecule has 0 aliphatic carbocycles. The zero-order chi connectivity index (χ0) is 12.4. The van der Waals surface area contributed by atoms with Gasteiger partial charge in [-0.3, -0.25) is 4.79 Å². The molecule has 3 nitrogen and oxygen atoms in total. The van der Waals surface area contributed by atoms with Crippen molar-refractivity contribution in [3.05, 3.63) is 41.7 Å². The highest BCUT2D eigenvalue weighted by Crippen LogP contribution is 2.36. The molecule has 0 saturated heterocycles. The molecule has 0 fully saturated rings. The molecule has 0 radical (unpaired) electrons. The highest BCUT2D eigenvalue weighted by Gasteiger charge is 2.29. The van der Waals surface area contributed by atoms with E-state index in [4.69, 9.17) is 9.47 Å². The fourth-order valence-electron chi connectivity index (χ4n) is 2.58. The first kappa shape index (κ1) is 11.3. The van der Waals surface area contributed by atoms with Crippen LogP contribution in [0.2, 0.25) is 0 Å². The van der Waals surface area contributed by atoms with Crippen molar-refractivity contribution in [3.8, 4) is 5.75 Å². The van der Waals surface area contributed by atoms with Crippen LogP contribution in [0.25, 0.3) is 0 Å². The van der Waals surface area contributed by atoms with E-state index in [2.05, 4.69) is 0 Å². The Hall–Kier alpha value is -1.77. The maximum absolute atomic E-state index is 12.5. The number of para-hydroxylation sites is 1. The second kappa shape index (κ2) is 4.84. The van der Waals surface area contributed by atoms with Crippen molar-refractivity contribution in [2.24, 2.45) is 0 Å². The number of benzene rings is 1. The van der Waals surface area contributed by atoms with Gasteiger partial charge in [-0.25, -0.2) is 0 Å². The van der Waals surface area contributed by atoms with Crippen molar-refractivity contribution in [1.29, 1.82) is 0 Å². The van der Waals surface area contributed by atoms with Gasteiger partial charge < -0.3 is 9.47 Å². The highest BCUT2D eigenvalue weighted by atomic mass is 16.5. The molecule has 3 heteroatoms. The Kier molecular flexibility index (Phi) is 3.05. The summed E-state index contributed by atoms with van der Waals surface area (Å²) in [6.07, 6.45) is 4.16. The van der Waals surface area contributed by atoms with Crippen LogP contribution in [-0.4, -0.2) is 19.0 Å². The van der Waals surface area contributed by atoms with E-state index in [-0.39, 0.29) is 11.7 Å². The van der Waals surface area contributed by atoms with Crippen LogP contribution in [0.1, 0.15) is 30.7 Å². The summed E-state index contributed by atoms with van der Waals surface area (Å²) in [5.74, 6) is 0.979. The summed E-state index contributed by atoms with van der Waals surface area (Å²) < 4.78 is 10.9. The van der Waals surface area contributed by atoms with Gasteiger partial charge in [-0.1, -0.05) is 18.2 Å². The molecule has 1 atom stereocenters. The molecule has 2 aliphatic rings. The molecule has 2 heterocycles. The lowest BCUT2D eigenvalue weighted by Crippen LogP contribution is -2.23. The molecule has 0 aromatic heterocycles. The van der Waals surface area contributed by atoms with Crippen molar-refractivity contribution in [2.45, 2.75) is 25.2 Å². The van der Waals surface area contributed by atoms with E-state index in [1.807, 2.05) is 24.3 Å². The van der Waals surface area contributed by atoms with Crippen LogP contribution in [0.3, 0.4) is 0 Å². The number of hydrogen-bond donors (Lipinski definition) is 0. The van der Waals surface area contributed by atoms with Gasteiger partial charge in [0.05, 0.1) is 25.4 Å². The predicted molar refractivity (Wildman–Crippen MR) is 67.6 cm³/mol. The molecule has 1 aromatic carbocycles. The van der Waals surface area contributed by atoms with Gasteiger partial charge in [0.25, 0.3) is 0 Å². The smallest absolute Gasteiger partial charge is 0.169 e. The summed E-state index contributed by atoms with van der Waals surface area (Å²) in [6, 6.07) is 7.82. The van der Waals surface area contributed by atoms with Crippen molar-refractivity contribution >= 4 is 5.78 Å². The number of hydrogen-bond acceptors (Lipinski definition) is 3. The first-order valence-corrected chi connectivity index (χ1v) is 6.43. The minimum atomic E-state index is -0.0668. The molecule has 18 heavy (non-hydrogen) atoms. The van der Waals surface area contributed by atoms with Crippen LogP contribution in [0, 0.1) is 0 Å². The number of carbonyl (C=O) groups excluding carboxylic acids is 1. The number of rotatable bonds is 2. The summed E-state index contributed by atoms with van der Waals surface area (Å²) in [5.41, 5.74) is 1.84. The van der Waals surface area contributed by atoms with Crippen LogP contribution in [0.15, 0.2) is 36.1 Å². The number of ether oxygens (including phenoxy) is 2. The lowest BCUT2D eigenvalue weighted by Gasteiger charge is -2.26. The minimum absolute atomic E-state index is 0.0668. The van der Waals surface area contributed by atoms with Crippen LogP contribution in [-0.2, 0) is 9.53 Å². The number of allylic oxidation sites excluding steroid dienone is 1. The summed E-state index contributed by atoms with van der Waals surface area (Å²) in [7, 11) is 0. The van der Waals surface area contributed by atoms with Crippen LogP contribution >= 0.6 is 0 Å². The molecule has 1 unspecified atom stereocenters. The Morgan fingerprint density at radius 2 is 2.11 bits per heavy atom. The number of carbonyl (C=O) groups is 1. The molecule has 0 amide bonds. The molecular formula is C15H16O3. The Bertz CT molecular complexity index is 490. The Labute approximate surface area is 106 Å². The van der Waals surface area contributed by atoms with Gasteiger partial charge in [0.1, 0.15) is 5.75 Å². The number of Topliss-reactive ketones (excluding diaryl/α,β-unsaturated/α-hetero) is 1. The lowest BCUT2D eigenvalue weighted by atomic mass is 9.85. The molecule has 0 saturated carbocycles. The van der Waals surface area contributed by atoms with Crippen molar-refractivity contribution in [2.75, 3.05) is 13.2 Å². The maximum atomic E-state index is 12.5. The summed E-state index contributed by atoms with van der Waals surface area (Å²) in [4.78, 5) is 12.5. The van der Waals surface area contributed by atoms with E-state index in [1.54, 1.807) is 6.26 Å². The van der Waals surface area contributed by atoms with Gasteiger partial charge in [-0.15, -0.1) is 0 Å². The second-order valence-electron chi connectivity index (χ2n) is 4.71. The standard InChI is InChI=1S/C15H16O3/c16-15(11-4-3-8-17-10-11)13-7-9-18-14-6-2-1-5-12(13)14/h1-2,5-6,10,13H,3-4,7-9H2. The highest BCUT2D eigenvalue weighted by molar-refractivity contribution is 6.00. The summed E-state index contributed by atoms with van der Waals surface area (Å²) >= 11 is 0. The van der Waals surface area contributed by atoms with Gasteiger partial charge in [0.2, 0.25) is 0 Å². The lowest BCUT2D eigenvalue weighted by molar-refractivity contribution is -0.118. The Morgan fingerprint density at radius 1 is 1.22 bits per heavy atom. The van der Waals surface area contributed by atoms with E-state index >= 15 is 0 Å². The largest absolute Gasteiger partial charge is 0.501 e. The first-order chi connectivity index (χ1) is 8.86. The van der Waals surface area contributed by atoms with Crippen molar-refractivity contribution in [3.63, 3.8) is 0 Å². The normalized spacial score (nSPS) is 22.2. The summed E-state index contributed by atoms with van der Waals surface area (Å²) in [5, 5.41) is 0. The van der Waals surface area contributed by atoms with E-state index in [9.17, 15) is 4.79 Å². The third kappa shape index (κ3) is 2.01. The Balaban J connectivity index is 1.89. The van der Waals surface area contributed by atoms with Gasteiger partial charge in [-0.05, 0) is 25.3 Å². The fourth-order valence-corrected chi connectivity index (χ4v) is 2.58. The topological polar surface area (TPSA) is 35.5 Å². The van der Waals surface area contributed by atoms with Crippen molar-refractivity contribution in [1.82, 2.24) is 0 Å². The molecule has 94 valence electrons. The van der Waals surface area contributed by atoms with Crippen molar-refractivity contribution < 1.29 is 14.3 Å². The predicted octanol–water partition coefficient (Wildman–Crippen LogP) is 2.82. The second-order valence-corrected chi connectivity index (χ2v) is 4.71. The average molecular weight is 244 g/mol. The zero-order valence-electron chi connectivity index (χ0n) is 10.2.